The van der Waals surface area contributed by atoms with E-state index < -0.39 is 0 Å². The molecular weight excluding hydrogens is 281 g/mol. The number of aryl methyl sites for hydroxylation is 1. The van der Waals surface area contributed by atoms with Crippen molar-refractivity contribution in [3.8, 4) is 0 Å². The number of nitrogens with two attached hydrogens (primary N) is 1. The van der Waals surface area contributed by atoms with Crippen LogP contribution in [0.2, 0.25) is 0 Å². The van der Waals surface area contributed by atoms with Crippen LogP contribution < -0.4 is 11.1 Å². The highest BCUT2D eigenvalue weighted by atomic mass is 32.2. The third-order valence-electron chi connectivity index (χ3n) is 2.67. The number of hydrogen-bond acceptors (Lipinski definition) is 5. The van der Waals surface area contributed by atoms with Gasteiger partial charge in [0.2, 0.25) is 11.9 Å². The number of rotatable bonds is 4. The molecule has 0 aliphatic heterocycles. The topological polar surface area (TPSA) is 85.8 Å². The van der Waals surface area contributed by atoms with E-state index in [1.807, 2.05) is 0 Å². The molecule has 1 heterocycles. The maximum atomic E-state index is 13.1. The fourth-order valence-electron chi connectivity index (χ4n) is 1.50. The molecule has 1 amide bonds. The van der Waals surface area contributed by atoms with Gasteiger partial charge < -0.3 is 11.1 Å². The molecule has 0 fully saturated rings. The molecule has 0 bridgehead atoms. The number of carbonyl (C=O) groups is 1. The van der Waals surface area contributed by atoms with Crippen molar-refractivity contribution >= 4 is 29.3 Å². The largest absolute Gasteiger partial charge is 0.368 e. The fraction of sp³-hybridized carbons (Fsp3) is 0.250. The molecule has 0 saturated heterocycles. The zero-order chi connectivity index (χ0) is 14.7. The van der Waals surface area contributed by atoms with E-state index in [4.69, 9.17) is 5.73 Å². The van der Waals surface area contributed by atoms with Crippen LogP contribution in [0.3, 0.4) is 0 Å². The van der Waals surface area contributed by atoms with Crippen molar-refractivity contribution in [2.45, 2.75) is 12.1 Å². The van der Waals surface area contributed by atoms with Gasteiger partial charge in [-0.15, -0.1) is 10.2 Å². The molecule has 0 spiro atoms. The second-order valence-corrected chi connectivity index (χ2v) is 5.14. The minimum absolute atomic E-state index is 0.141. The smallest absolute Gasteiger partial charge is 0.234 e. The number of anilines is 2. The minimum Gasteiger partial charge on any atom is -0.368 e. The van der Waals surface area contributed by atoms with Gasteiger partial charge in [0.1, 0.15) is 5.82 Å². The van der Waals surface area contributed by atoms with Gasteiger partial charge in [0, 0.05) is 12.7 Å². The summed E-state index contributed by atoms with van der Waals surface area (Å²) in [6.07, 6.45) is 0. The van der Waals surface area contributed by atoms with Crippen LogP contribution in [0.25, 0.3) is 0 Å². The van der Waals surface area contributed by atoms with Gasteiger partial charge in [-0.1, -0.05) is 17.8 Å². The Morgan fingerprint density at radius 3 is 2.90 bits per heavy atom. The molecule has 0 atom stereocenters. The highest BCUT2D eigenvalue weighted by Crippen LogP contribution is 2.19. The summed E-state index contributed by atoms with van der Waals surface area (Å²) in [5.74, 6) is -0.208. The normalized spacial score (nSPS) is 10.6. The lowest BCUT2D eigenvalue weighted by Crippen LogP contribution is -2.15. The zero-order valence-electron chi connectivity index (χ0n) is 11.1. The Kier molecular flexibility index (Phi) is 4.23. The lowest BCUT2D eigenvalue weighted by atomic mass is 10.2. The van der Waals surface area contributed by atoms with E-state index in [9.17, 15) is 9.18 Å². The van der Waals surface area contributed by atoms with Crippen LogP contribution in [0.1, 0.15) is 5.56 Å². The van der Waals surface area contributed by atoms with Crippen LogP contribution in [0, 0.1) is 12.7 Å². The molecule has 2 aromatic rings. The summed E-state index contributed by atoms with van der Waals surface area (Å²) in [5, 5.41) is 10.7. The van der Waals surface area contributed by atoms with Crippen LogP contribution in [-0.2, 0) is 11.8 Å². The fourth-order valence-corrected chi connectivity index (χ4v) is 2.22. The monoisotopic (exact) mass is 295 g/mol. The van der Waals surface area contributed by atoms with Crippen LogP contribution in [-0.4, -0.2) is 26.4 Å². The van der Waals surface area contributed by atoms with Crippen molar-refractivity contribution in [2.75, 3.05) is 16.8 Å². The molecule has 0 unspecified atom stereocenters. The van der Waals surface area contributed by atoms with Gasteiger partial charge in [-0.05, 0) is 24.6 Å². The summed E-state index contributed by atoms with van der Waals surface area (Å²) in [5.41, 5.74) is 6.81. The van der Waals surface area contributed by atoms with E-state index in [1.165, 1.54) is 23.9 Å². The van der Waals surface area contributed by atoms with Gasteiger partial charge in [-0.3, -0.25) is 9.36 Å². The van der Waals surface area contributed by atoms with Gasteiger partial charge in [-0.2, -0.15) is 0 Å². The summed E-state index contributed by atoms with van der Waals surface area (Å²) in [6, 6.07) is 4.25. The second-order valence-electron chi connectivity index (χ2n) is 4.20. The molecule has 20 heavy (non-hydrogen) atoms. The molecule has 6 nitrogen and oxygen atoms in total. The number of nitrogens with one attached hydrogen (secondary N) is 1. The number of aromatic nitrogens is 3. The Balaban J connectivity index is 1.96. The van der Waals surface area contributed by atoms with E-state index in [0.29, 0.717) is 10.8 Å². The van der Waals surface area contributed by atoms with E-state index in [0.717, 1.165) is 5.56 Å². The molecule has 0 aliphatic carbocycles. The second kappa shape index (κ2) is 5.91. The molecule has 8 heteroatoms. The first kappa shape index (κ1) is 14.3. The molecule has 2 rings (SSSR count). The molecule has 1 aromatic heterocycles. The van der Waals surface area contributed by atoms with Gasteiger partial charge in [0.15, 0.2) is 5.16 Å². The maximum absolute atomic E-state index is 13.1. The molecule has 3 N–H and O–H groups in total. The van der Waals surface area contributed by atoms with E-state index in [2.05, 4.69) is 15.5 Å². The first-order chi connectivity index (χ1) is 9.47. The van der Waals surface area contributed by atoms with Crippen molar-refractivity contribution < 1.29 is 9.18 Å². The van der Waals surface area contributed by atoms with Crippen LogP contribution >= 0.6 is 11.8 Å². The number of carbonyl (C=O) groups excluding carboxylic acids is 1. The Bertz CT molecular complexity index is 643. The van der Waals surface area contributed by atoms with E-state index in [-0.39, 0.29) is 23.4 Å². The predicted octanol–water partition coefficient (Wildman–Crippen LogP) is 1.58. The first-order valence-corrected chi connectivity index (χ1v) is 6.79. The number of thioether (sulfide) groups is 1. The summed E-state index contributed by atoms with van der Waals surface area (Å²) in [6.45, 7) is 1.80. The molecule has 0 saturated carbocycles. The zero-order valence-corrected chi connectivity index (χ0v) is 11.9. The lowest BCUT2D eigenvalue weighted by Gasteiger charge is -2.08. The highest BCUT2D eigenvalue weighted by Gasteiger charge is 2.10. The summed E-state index contributed by atoms with van der Waals surface area (Å²) < 4.78 is 14.7. The van der Waals surface area contributed by atoms with Crippen molar-refractivity contribution in [3.05, 3.63) is 29.6 Å². The molecule has 0 aliphatic rings. The van der Waals surface area contributed by atoms with Gasteiger partial charge in [-0.25, -0.2) is 4.39 Å². The summed E-state index contributed by atoms with van der Waals surface area (Å²) >= 11 is 1.21. The van der Waals surface area contributed by atoms with E-state index in [1.54, 1.807) is 24.6 Å². The average Bonchev–Trinajstić information content (AvgIpc) is 2.72. The van der Waals surface area contributed by atoms with Crippen LogP contribution in [0.5, 0.6) is 0 Å². The quantitative estimate of drug-likeness (QED) is 0.836. The van der Waals surface area contributed by atoms with Crippen molar-refractivity contribution in [2.24, 2.45) is 7.05 Å². The van der Waals surface area contributed by atoms with Crippen molar-refractivity contribution in [1.29, 1.82) is 0 Å². The van der Waals surface area contributed by atoms with Crippen molar-refractivity contribution in [3.63, 3.8) is 0 Å². The highest BCUT2D eigenvalue weighted by molar-refractivity contribution is 7.99. The van der Waals surface area contributed by atoms with Gasteiger partial charge in [0.25, 0.3) is 0 Å². The lowest BCUT2D eigenvalue weighted by molar-refractivity contribution is -0.113. The predicted molar refractivity (Wildman–Crippen MR) is 75.9 cm³/mol. The number of nitrogen functional groups attached to an aromatic ring is 1. The Labute approximate surface area is 119 Å². The minimum atomic E-state index is -0.389. The maximum Gasteiger partial charge on any atom is 0.234 e. The standard InChI is InChI=1S/C12H14FN5OS/c1-7-3-4-8(13)5-9(7)15-10(19)6-20-12-17-16-11(14)18(12)2/h3-5H,6H2,1-2H3,(H2,14,16)(H,15,19). The number of benzene rings is 1. The SMILES string of the molecule is Cc1ccc(F)cc1NC(=O)CSc1nnc(N)n1C. The third kappa shape index (κ3) is 3.27. The molecule has 0 radical (unpaired) electrons. The number of hydrogen-bond donors (Lipinski definition) is 2. The molecule has 106 valence electrons. The first-order valence-electron chi connectivity index (χ1n) is 5.81. The van der Waals surface area contributed by atoms with Crippen LogP contribution in [0.4, 0.5) is 16.0 Å². The summed E-state index contributed by atoms with van der Waals surface area (Å²) in [4.78, 5) is 11.8. The summed E-state index contributed by atoms with van der Waals surface area (Å²) in [7, 11) is 1.71. The molecular formula is C12H14FN5OS. The number of amides is 1. The van der Waals surface area contributed by atoms with Crippen molar-refractivity contribution in [1.82, 2.24) is 14.8 Å². The van der Waals surface area contributed by atoms with Crippen LogP contribution in [0.15, 0.2) is 23.4 Å². The Morgan fingerprint density at radius 1 is 1.50 bits per heavy atom. The Morgan fingerprint density at radius 2 is 2.25 bits per heavy atom. The number of nitrogens with zero attached hydrogens (tertiary/aromatic N) is 3. The van der Waals surface area contributed by atoms with Gasteiger partial charge in [0.05, 0.1) is 5.75 Å². The Hall–Kier alpha value is -2.09. The average molecular weight is 295 g/mol. The number of halogens is 1. The van der Waals surface area contributed by atoms with E-state index >= 15 is 0 Å². The van der Waals surface area contributed by atoms with Gasteiger partial charge >= 0.3 is 0 Å². The third-order valence-corrected chi connectivity index (χ3v) is 3.69. The molecule has 1 aromatic carbocycles.